The second kappa shape index (κ2) is 6.33. The molecule has 0 atom stereocenters. The summed E-state index contributed by atoms with van der Waals surface area (Å²) in [5.41, 5.74) is 2.13. The first kappa shape index (κ1) is 14.2. The van der Waals surface area contributed by atoms with Gasteiger partial charge >= 0.3 is 0 Å². The number of aryl methyl sites for hydroxylation is 1. The second-order valence-electron chi connectivity index (χ2n) is 4.60. The molecule has 1 aromatic heterocycles. The second-order valence-corrected chi connectivity index (χ2v) is 5.95. The van der Waals surface area contributed by atoms with Crippen LogP contribution in [-0.4, -0.2) is 14.8 Å². The number of aromatic nitrogens is 3. The molecule has 21 heavy (non-hydrogen) atoms. The van der Waals surface area contributed by atoms with Gasteiger partial charge in [0.2, 0.25) is 0 Å². The summed E-state index contributed by atoms with van der Waals surface area (Å²) in [6.07, 6.45) is 0. The minimum absolute atomic E-state index is 0.665. The molecule has 0 aliphatic carbocycles. The van der Waals surface area contributed by atoms with Gasteiger partial charge in [-0.3, -0.25) is 0 Å². The number of thioether (sulfide) groups is 1. The van der Waals surface area contributed by atoms with Crippen molar-refractivity contribution in [3.8, 4) is 11.4 Å². The third-order valence-corrected chi connectivity index (χ3v) is 4.47. The third-order valence-electron chi connectivity index (χ3n) is 3.05. The lowest BCUT2D eigenvalue weighted by Gasteiger charge is -2.00. The highest BCUT2D eigenvalue weighted by Gasteiger charge is 2.12. The highest BCUT2D eigenvalue weighted by atomic mass is 35.5. The minimum Gasteiger partial charge on any atom is -0.243 e. The van der Waals surface area contributed by atoms with E-state index >= 15 is 0 Å². The van der Waals surface area contributed by atoms with Gasteiger partial charge in [-0.05, 0) is 17.7 Å². The van der Waals surface area contributed by atoms with Gasteiger partial charge < -0.3 is 0 Å². The van der Waals surface area contributed by atoms with Gasteiger partial charge in [0.15, 0.2) is 11.0 Å². The lowest BCUT2D eigenvalue weighted by molar-refractivity contribution is 0.686. The number of halogens is 1. The monoisotopic (exact) mass is 315 g/mol. The van der Waals surface area contributed by atoms with Crippen LogP contribution in [0.4, 0.5) is 0 Å². The minimum atomic E-state index is 0.665. The molecule has 0 unspecified atom stereocenters. The van der Waals surface area contributed by atoms with E-state index in [9.17, 15) is 0 Å². The molecule has 0 aliphatic rings. The number of nitrogens with zero attached hydrogens (tertiary/aromatic N) is 3. The van der Waals surface area contributed by atoms with E-state index in [0.717, 1.165) is 16.5 Å². The fraction of sp³-hybridized carbons (Fsp3) is 0.125. The largest absolute Gasteiger partial charge is 0.243 e. The zero-order valence-electron chi connectivity index (χ0n) is 11.5. The molecule has 0 saturated heterocycles. The molecule has 1 heterocycles. The Labute approximate surface area is 133 Å². The summed E-state index contributed by atoms with van der Waals surface area (Å²) in [5.74, 6) is 1.54. The molecule has 3 aromatic rings. The van der Waals surface area contributed by atoms with Crippen LogP contribution in [-0.2, 0) is 12.8 Å². The smallest absolute Gasteiger partial charge is 0.186 e. The lowest BCUT2D eigenvalue weighted by atomic mass is 10.2. The van der Waals surface area contributed by atoms with Gasteiger partial charge in [0, 0.05) is 18.4 Å². The summed E-state index contributed by atoms with van der Waals surface area (Å²) in [7, 11) is 1.90. The van der Waals surface area contributed by atoms with Gasteiger partial charge in [0.05, 0.1) is 5.02 Å². The van der Waals surface area contributed by atoms with Crippen molar-refractivity contribution in [3.05, 3.63) is 65.2 Å². The van der Waals surface area contributed by atoms with Crippen LogP contribution in [0.1, 0.15) is 5.56 Å². The summed E-state index contributed by atoms with van der Waals surface area (Å²) in [6, 6.07) is 18.0. The first-order valence-corrected chi connectivity index (χ1v) is 7.93. The molecule has 0 fully saturated rings. The van der Waals surface area contributed by atoms with Crippen molar-refractivity contribution in [2.75, 3.05) is 0 Å². The zero-order chi connectivity index (χ0) is 14.7. The van der Waals surface area contributed by atoms with Gasteiger partial charge in [0.25, 0.3) is 0 Å². The maximum atomic E-state index is 6.20. The lowest BCUT2D eigenvalue weighted by Crippen LogP contribution is -1.93. The first-order chi connectivity index (χ1) is 10.2. The Kier molecular flexibility index (Phi) is 4.27. The van der Waals surface area contributed by atoms with Crippen LogP contribution in [0.15, 0.2) is 59.8 Å². The molecular weight excluding hydrogens is 302 g/mol. The van der Waals surface area contributed by atoms with E-state index < -0.39 is 0 Å². The Morgan fingerprint density at radius 2 is 1.76 bits per heavy atom. The number of hydrogen-bond donors (Lipinski definition) is 0. The van der Waals surface area contributed by atoms with Gasteiger partial charge in [-0.1, -0.05) is 65.8 Å². The first-order valence-electron chi connectivity index (χ1n) is 6.57. The summed E-state index contributed by atoms with van der Waals surface area (Å²) in [6.45, 7) is 0. The summed E-state index contributed by atoms with van der Waals surface area (Å²) in [4.78, 5) is 4.59. The van der Waals surface area contributed by atoms with Gasteiger partial charge in [-0.25, -0.2) is 9.67 Å². The third kappa shape index (κ3) is 3.28. The predicted octanol–water partition coefficient (Wildman–Crippen LogP) is 4.43. The van der Waals surface area contributed by atoms with Crippen LogP contribution >= 0.6 is 23.4 Å². The molecule has 0 radical (unpaired) electrons. The van der Waals surface area contributed by atoms with E-state index in [0.29, 0.717) is 10.8 Å². The molecule has 3 rings (SSSR count). The van der Waals surface area contributed by atoms with E-state index in [-0.39, 0.29) is 0 Å². The van der Waals surface area contributed by atoms with Crippen molar-refractivity contribution in [1.82, 2.24) is 14.8 Å². The Hall–Kier alpha value is -1.78. The topological polar surface area (TPSA) is 30.7 Å². The Bertz CT molecular complexity index is 740. The normalized spacial score (nSPS) is 10.8. The maximum absolute atomic E-state index is 6.20. The van der Waals surface area contributed by atoms with Crippen molar-refractivity contribution in [2.24, 2.45) is 7.05 Å². The van der Waals surface area contributed by atoms with E-state index in [4.69, 9.17) is 11.6 Å². The van der Waals surface area contributed by atoms with Gasteiger partial charge in [-0.15, -0.1) is 0 Å². The average Bonchev–Trinajstić information content (AvgIpc) is 2.88. The van der Waals surface area contributed by atoms with Crippen molar-refractivity contribution in [2.45, 2.75) is 10.9 Å². The maximum Gasteiger partial charge on any atom is 0.186 e. The fourth-order valence-corrected chi connectivity index (χ4v) is 3.06. The predicted molar refractivity (Wildman–Crippen MR) is 87.5 cm³/mol. The van der Waals surface area contributed by atoms with Crippen LogP contribution in [0, 0.1) is 0 Å². The highest BCUT2D eigenvalue weighted by molar-refractivity contribution is 7.98. The Balaban J connectivity index is 1.80. The SMILES string of the molecule is Cn1nc(-c2ccccc2Cl)nc1SCc1ccccc1. The van der Waals surface area contributed by atoms with Crippen LogP contribution < -0.4 is 0 Å². The van der Waals surface area contributed by atoms with Crippen LogP contribution in [0.2, 0.25) is 5.02 Å². The van der Waals surface area contributed by atoms with Gasteiger partial charge in [-0.2, -0.15) is 5.10 Å². The van der Waals surface area contributed by atoms with Crippen LogP contribution in [0.25, 0.3) is 11.4 Å². The number of hydrogen-bond acceptors (Lipinski definition) is 3. The molecule has 0 N–H and O–H groups in total. The molecule has 0 bridgehead atoms. The molecule has 0 saturated carbocycles. The fourth-order valence-electron chi connectivity index (χ4n) is 1.97. The van der Waals surface area contributed by atoms with Crippen molar-refractivity contribution in [1.29, 1.82) is 0 Å². The Morgan fingerprint density at radius 1 is 1.05 bits per heavy atom. The van der Waals surface area contributed by atoms with E-state index in [1.165, 1.54) is 5.56 Å². The summed E-state index contributed by atoms with van der Waals surface area (Å²) < 4.78 is 1.80. The molecule has 5 heteroatoms. The molecule has 0 aliphatic heterocycles. The molecular formula is C16H14ClN3S. The molecule has 0 spiro atoms. The van der Waals surface area contributed by atoms with E-state index in [2.05, 4.69) is 22.2 Å². The number of benzene rings is 2. The summed E-state index contributed by atoms with van der Waals surface area (Å²) >= 11 is 7.87. The van der Waals surface area contributed by atoms with Crippen molar-refractivity contribution < 1.29 is 0 Å². The van der Waals surface area contributed by atoms with E-state index in [1.54, 1.807) is 16.4 Å². The molecule has 3 nitrogen and oxygen atoms in total. The number of rotatable bonds is 4. The van der Waals surface area contributed by atoms with Crippen LogP contribution in [0.5, 0.6) is 0 Å². The highest BCUT2D eigenvalue weighted by Crippen LogP contribution is 2.28. The standard InChI is InChI=1S/C16H14ClN3S/c1-20-16(21-11-12-7-3-2-4-8-12)18-15(19-20)13-9-5-6-10-14(13)17/h2-10H,11H2,1H3. The van der Waals surface area contributed by atoms with Gasteiger partial charge in [0.1, 0.15) is 0 Å². The Morgan fingerprint density at radius 3 is 2.52 bits per heavy atom. The molecule has 2 aromatic carbocycles. The molecule has 0 amide bonds. The van der Waals surface area contributed by atoms with Crippen molar-refractivity contribution >= 4 is 23.4 Å². The van der Waals surface area contributed by atoms with Crippen molar-refractivity contribution in [3.63, 3.8) is 0 Å². The quantitative estimate of drug-likeness (QED) is 0.667. The average molecular weight is 316 g/mol. The molecule has 106 valence electrons. The van der Waals surface area contributed by atoms with E-state index in [1.807, 2.05) is 49.5 Å². The van der Waals surface area contributed by atoms with Crippen LogP contribution in [0.3, 0.4) is 0 Å². The summed E-state index contributed by atoms with van der Waals surface area (Å²) in [5, 5.41) is 6.01. The zero-order valence-corrected chi connectivity index (χ0v) is 13.1.